The van der Waals surface area contributed by atoms with Gasteiger partial charge in [-0.15, -0.1) is 24.0 Å². The SMILES string of the molecule is CN=C(NCCCNS(C)(=O)=O)NCc1cccc(OC)c1OC1CCCC1.I. The van der Waals surface area contributed by atoms with E-state index in [1.54, 1.807) is 14.2 Å². The van der Waals surface area contributed by atoms with E-state index >= 15 is 0 Å². The zero-order chi connectivity index (χ0) is 20.4. The van der Waals surface area contributed by atoms with Gasteiger partial charge in [0.1, 0.15) is 0 Å². The summed E-state index contributed by atoms with van der Waals surface area (Å²) in [6.45, 7) is 1.53. The fourth-order valence-electron chi connectivity index (χ4n) is 3.12. The van der Waals surface area contributed by atoms with Crippen LogP contribution in [0, 0.1) is 0 Å². The predicted molar refractivity (Wildman–Crippen MR) is 127 cm³/mol. The summed E-state index contributed by atoms with van der Waals surface area (Å²) >= 11 is 0. The van der Waals surface area contributed by atoms with Crippen molar-refractivity contribution in [3.05, 3.63) is 23.8 Å². The number of nitrogens with one attached hydrogen (secondary N) is 3. The van der Waals surface area contributed by atoms with E-state index in [4.69, 9.17) is 9.47 Å². The van der Waals surface area contributed by atoms with Crippen molar-refractivity contribution in [2.45, 2.75) is 44.8 Å². The Morgan fingerprint density at radius 3 is 2.55 bits per heavy atom. The van der Waals surface area contributed by atoms with Crippen LogP contribution < -0.4 is 24.8 Å². The molecule has 1 aromatic rings. The van der Waals surface area contributed by atoms with Crippen molar-refractivity contribution in [2.75, 3.05) is 33.5 Å². The molecule has 0 aromatic heterocycles. The van der Waals surface area contributed by atoms with Gasteiger partial charge in [-0.05, 0) is 38.2 Å². The number of sulfonamides is 1. The molecule has 1 fully saturated rings. The zero-order valence-corrected chi connectivity index (χ0v) is 20.5. The van der Waals surface area contributed by atoms with Gasteiger partial charge in [0.25, 0.3) is 0 Å². The number of ether oxygens (including phenoxy) is 2. The van der Waals surface area contributed by atoms with Gasteiger partial charge in [-0.3, -0.25) is 4.99 Å². The molecular weight excluding hydrogens is 507 g/mol. The Morgan fingerprint density at radius 2 is 1.93 bits per heavy atom. The van der Waals surface area contributed by atoms with E-state index in [9.17, 15) is 8.42 Å². The third kappa shape index (κ3) is 9.39. The summed E-state index contributed by atoms with van der Waals surface area (Å²) in [6.07, 6.45) is 6.63. The van der Waals surface area contributed by atoms with Crippen LogP contribution in [0.4, 0.5) is 0 Å². The number of hydrogen-bond acceptors (Lipinski definition) is 5. The fourth-order valence-corrected chi connectivity index (χ4v) is 3.64. The van der Waals surface area contributed by atoms with Crippen molar-refractivity contribution >= 4 is 40.0 Å². The Hall–Kier alpha value is -1.27. The van der Waals surface area contributed by atoms with Gasteiger partial charge in [-0.1, -0.05) is 12.1 Å². The monoisotopic (exact) mass is 540 g/mol. The molecule has 0 saturated heterocycles. The Balaban J connectivity index is 0.00000420. The molecule has 0 unspecified atom stereocenters. The second-order valence-corrected chi connectivity index (χ2v) is 8.68. The molecule has 1 aliphatic carbocycles. The molecule has 10 heteroatoms. The fraction of sp³-hybridized carbons (Fsp3) is 0.632. The minimum Gasteiger partial charge on any atom is -0.493 e. The first-order valence-corrected chi connectivity index (χ1v) is 11.5. The molecule has 0 heterocycles. The highest BCUT2D eigenvalue weighted by Gasteiger charge is 2.20. The van der Waals surface area contributed by atoms with Gasteiger partial charge >= 0.3 is 0 Å². The molecular formula is C19H33IN4O4S. The Kier molecular flexibility index (Phi) is 11.7. The van der Waals surface area contributed by atoms with Gasteiger partial charge in [0, 0.05) is 32.2 Å². The maximum atomic E-state index is 11.1. The minimum atomic E-state index is -3.15. The highest BCUT2D eigenvalue weighted by Crippen LogP contribution is 2.34. The molecule has 166 valence electrons. The third-order valence-electron chi connectivity index (χ3n) is 4.55. The van der Waals surface area contributed by atoms with E-state index in [1.807, 2.05) is 18.2 Å². The smallest absolute Gasteiger partial charge is 0.208 e. The first-order valence-electron chi connectivity index (χ1n) is 9.64. The lowest BCUT2D eigenvalue weighted by molar-refractivity contribution is 0.198. The van der Waals surface area contributed by atoms with Crippen molar-refractivity contribution in [1.29, 1.82) is 0 Å². The van der Waals surface area contributed by atoms with E-state index < -0.39 is 10.0 Å². The number of halogens is 1. The normalized spacial score (nSPS) is 14.9. The lowest BCUT2D eigenvalue weighted by Crippen LogP contribution is -2.38. The summed E-state index contributed by atoms with van der Waals surface area (Å²) in [5.74, 6) is 2.17. The maximum absolute atomic E-state index is 11.1. The molecule has 8 nitrogen and oxygen atoms in total. The van der Waals surface area contributed by atoms with Gasteiger partial charge in [0.05, 0.1) is 19.5 Å². The Bertz CT molecular complexity index is 753. The number of benzene rings is 1. The quantitative estimate of drug-likeness (QED) is 0.182. The standard InChI is InChI=1S/C19H32N4O4S.HI/c1-20-19(21-12-7-13-23-28(3,24)25)22-14-15-8-6-11-17(26-2)18(15)27-16-9-4-5-10-16;/h6,8,11,16,23H,4-5,7,9-10,12-14H2,1-3H3,(H2,20,21,22);1H. The average Bonchev–Trinajstić information content (AvgIpc) is 3.17. The van der Waals surface area contributed by atoms with Crippen LogP contribution in [0.5, 0.6) is 11.5 Å². The minimum absolute atomic E-state index is 0. The van der Waals surface area contributed by atoms with E-state index in [1.165, 1.54) is 12.8 Å². The topological polar surface area (TPSA) is 101 Å². The van der Waals surface area contributed by atoms with Crippen LogP contribution in [0.3, 0.4) is 0 Å². The van der Waals surface area contributed by atoms with E-state index in [0.717, 1.165) is 36.2 Å². The molecule has 29 heavy (non-hydrogen) atoms. The molecule has 1 aliphatic rings. The van der Waals surface area contributed by atoms with Crippen molar-refractivity contribution in [1.82, 2.24) is 15.4 Å². The molecule has 0 atom stereocenters. The highest BCUT2D eigenvalue weighted by atomic mass is 127. The lowest BCUT2D eigenvalue weighted by atomic mass is 10.1. The van der Waals surface area contributed by atoms with Crippen LogP contribution in [0.2, 0.25) is 0 Å². The van der Waals surface area contributed by atoms with E-state index in [-0.39, 0.29) is 30.1 Å². The molecule has 2 rings (SSSR count). The molecule has 0 aliphatic heterocycles. The second-order valence-electron chi connectivity index (χ2n) is 6.85. The van der Waals surface area contributed by atoms with Gasteiger partial charge < -0.3 is 20.1 Å². The summed E-state index contributed by atoms with van der Waals surface area (Å²) < 4.78 is 36.3. The van der Waals surface area contributed by atoms with Crippen LogP contribution in [-0.4, -0.2) is 54.0 Å². The van der Waals surface area contributed by atoms with Crippen LogP contribution in [0.15, 0.2) is 23.2 Å². The predicted octanol–water partition coefficient (Wildman–Crippen LogP) is 2.24. The van der Waals surface area contributed by atoms with Gasteiger partial charge in [-0.25, -0.2) is 13.1 Å². The number of para-hydroxylation sites is 1. The number of hydrogen-bond donors (Lipinski definition) is 3. The van der Waals surface area contributed by atoms with Gasteiger partial charge in [0.2, 0.25) is 10.0 Å². The molecule has 3 N–H and O–H groups in total. The number of aliphatic imine (C=N–C) groups is 1. The van der Waals surface area contributed by atoms with Gasteiger partial charge in [0.15, 0.2) is 17.5 Å². The third-order valence-corrected chi connectivity index (χ3v) is 5.28. The molecule has 0 amide bonds. The Labute approximate surface area is 191 Å². The second kappa shape index (κ2) is 13.1. The lowest BCUT2D eigenvalue weighted by Gasteiger charge is -2.20. The Morgan fingerprint density at radius 1 is 1.21 bits per heavy atom. The van der Waals surface area contributed by atoms with E-state index in [0.29, 0.717) is 32.0 Å². The summed E-state index contributed by atoms with van der Waals surface area (Å²) in [5.41, 5.74) is 1.01. The van der Waals surface area contributed by atoms with Crippen LogP contribution in [0.25, 0.3) is 0 Å². The average molecular weight is 540 g/mol. The highest BCUT2D eigenvalue weighted by molar-refractivity contribution is 14.0. The summed E-state index contributed by atoms with van der Waals surface area (Å²) in [7, 11) is 0.204. The van der Waals surface area contributed by atoms with Gasteiger partial charge in [-0.2, -0.15) is 0 Å². The largest absolute Gasteiger partial charge is 0.493 e. The van der Waals surface area contributed by atoms with Crippen LogP contribution in [-0.2, 0) is 16.6 Å². The van der Waals surface area contributed by atoms with Crippen molar-refractivity contribution in [2.24, 2.45) is 4.99 Å². The molecule has 1 aromatic carbocycles. The van der Waals surface area contributed by atoms with Crippen molar-refractivity contribution < 1.29 is 17.9 Å². The number of rotatable bonds is 10. The van der Waals surface area contributed by atoms with Crippen molar-refractivity contribution in [3.63, 3.8) is 0 Å². The zero-order valence-electron chi connectivity index (χ0n) is 17.4. The molecule has 0 bridgehead atoms. The molecule has 0 radical (unpaired) electrons. The van der Waals surface area contributed by atoms with Crippen LogP contribution in [0.1, 0.15) is 37.7 Å². The first-order chi connectivity index (χ1) is 13.4. The van der Waals surface area contributed by atoms with E-state index in [2.05, 4.69) is 20.3 Å². The summed E-state index contributed by atoms with van der Waals surface area (Å²) in [5, 5.41) is 6.45. The van der Waals surface area contributed by atoms with Crippen LogP contribution >= 0.6 is 24.0 Å². The summed E-state index contributed by atoms with van der Waals surface area (Å²) in [6, 6.07) is 5.88. The van der Waals surface area contributed by atoms with Crippen molar-refractivity contribution in [3.8, 4) is 11.5 Å². The molecule has 1 saturated carbocycles. The summed E-state index contributed by atoms with van der Waals surface area (Å²) in [4.78, 5) is 4.21. The number of guanidine groups is 1. The number of nitrogens with zero attached hydrogens (tertiary/aromatic N) is 1. The maximum Gasteiger partial charge on any atom is 0.208 e. The molecule has 0 spiro atoms. The first kappa shape index (κ1) is 25.8. The number of methoxy groups -OCH3 is 1.